The minimum absolute atomic E-state index is 0.153. The van der Waals surface area contributed by atoms with Crippen molar-refractivity contribution in [2.24, 2.45) is 5.41 Å². The number of hydrogen-bond acceptors (Lipinski definition) is 4. The van der Waals surface area contributed by atoms with Crippen molar-refractivity contribution in [1.82, 2.24) is 25.4 Å². The zero-order valence-corrected chi connectivity index (χ0v) is 15.3. The van der Waals surface area contributed by atoms with E-state index in [1.165, 1.54) is 6.33 Å². The Hall–Kier alpha value is -2.70. The Labute approximate surface area is 147 Å². The largest absolute Gasteiger partial charge is 0.348 e. The maximum absolute atomic E-state index is 12.3. The van der Waals surface area contributed by atoms with E-state index in [9.17, 15) is 9.59 Å². The highest BCUT2D eigenvalue weighted by atomic mass is 16.2. The highest BCUT2D eigenvalue weighted by Crippen LogP contribution is 2.16. The van der Waals surface area contributed by atoms with Gasteiger partial charge in [-0.25, -0.2) is 9.67 Å². The van der Waals surface area contributed by atoms with Gasteiger partial charge in [0.25, 0.3) is 0 Å². The van der Waals surface area contributed by atoms with Gasteiger partial charge >= 0.3 is 0 Å². The van der Waals surface area contributed by atoms with Crippen molar-refractivity contribution in [1.29, 1.82) is 0 Å². The molecule has 0 spiro atoms. The third-order valence-electron chi connectivity index (χ3n) is 3.86. The average molecular weight is 343 g/mol. The van der Waals surface area contributed by atoms with E-state index in [1.54, 1.807) is 17.9 Å². The molecule has 1 aromatic heterocycles. The quantitative estimate of drug-likeness (QED) is 0.869. The van der Waals surface area contributed by atoms with E-state index in [0.29, 0.717) is 0 Å². The lowest BCUT2D eigenvalue weighted by Gasteiger charge is -2.23. The maximum atomic E-state index is 12.3. The zero-order chi connectivity index (χ0) is 18.6. The van der Waals surface area contributed by atoms with Crippen LogP contribution >= 0.6 is 0 Å². The van der Waals surface area contributed by atoms with Crippen LogP contribution in [0.1, 0.15) is 46.2 Å². The molecule has 2 atom stereocenters. The van der Waals surface area contributed by atoms with Crippen molar-refractivity contribution in [3.63, 3.8) is 0 Å². The smallest absolute Gasteiger partial charge is 0.242 e. The molecule has 1 heterocycles. The minimum atomic E-state index is -0.594. The van der Waals surface area contributed by atoms with Gasteiger partial charge in [-0.3, -0.25) is 9.59 Å². The van der Waals surface area contributed by atoms with Gasteiger partial charge in [0, 0.05) is 5.41 Å². The molecular weight excluding hydrogens is 318 g/mol. The lowest BCUT2D eigenvalue weighted by molar-refractivity contribution is -0.133. The van der Waals surface area contributed by atoms with Crippen LogP contribution in [0.25, 0.3) is 5.69 Å². The van der Waals surface area contributed by atoms with Gasteiger partial charge in [0.15, 0.2) is 0 Å². The molecule has 134 valence electrons. The van der Waals surface area contributed by atoms with Crippen molar-refractivity contribution >= 4 is 11.8 Å². The number of hydrogen-bond donors (Lipinski definition) is 2. The van der Waals surface area contributed by atoms with Crippen LogP contribution in [-0.2, 0) is 9.59 Å². The molecule has 0 radical (unpaired) electrons. The van der Waals surface area contributed by atoms with Crippen molar-refractivity contribution < 1.29 is 9.59 Å². The first-order chi connectivity index (χ1) is 11.7. The van der Waals surface area contributed by atoms with Crippen LogP contribution in [-0.4, -0.2) is 32.6 Å². The van der Waals surface area contributed by atoms with Crippen LogP contribution in [0.3, 0.4) is 0 Å². The topological polar surface area (TPSA) is 88.9 Å². The van der Waals surface area contributed by atoms with Gasteiger partial charge in [-0.2, -0.15) is 5.10 Å². The Morgan fingerprint density at radius 3 is 2.24 bits per heavy atom. The molecule has 2 N–H and O–H groups in total. The standard InChI is InChI=1S/C18H25N5O2/c1-12(21-16(24)13(2)22-17(25)18(3,4)5)14-6-8-15(9-7-14)23-11-19-10-20-23/h6-13H,1-5H3,(H,21,24)(H,22,25)/t12-,13-/m1/s1. The van der Waals surface area contributed by atoms with Crippen molar-refractivity contribution in [2.75, 3.05) is 0 Å². The molecule has 0 bridgehead atoms. The SMILES string of the molecule is C[C@@H](NC(=O)C(C)(C)C)C(=O)N[C@H](C)c1ccc(-n2cncn2)cc1. The van der Waals surface area contributed by atoms with Gasteiger partial charge in [0.2, 0.25) is 11.8 Å². The summed E-state index contributed by atoms with van der Waals surface area (Å²) >= 11 is 0. The summed E-state index contributed by atoms with van der Waals surface area (Å²) in [5, 5.41) is 9.73. The van der Waals surface area contributed by atoms with Crippen molar-refractivity contribution in [3.05, 3.63) is 42.5 Å². The molecule has 0 fully saturated rings. The average Bonchev–Trinajstić information content (AvgIpc) is 3.08. The minimum Gasteiger partial charge on any atom is -0.348 e. The molecule has 1 aromatic carbocycles. The predicted octanol–water partition coefficient (Wildman–Crippen LogP) is 2.00. The first-order valence-electron chi connectivity index (χ1n) is 8.25. The summed E-state index contributed by atoms with van der Waals surface area (Å²) in [5.74, 6) is -0.370. The summed E-state index contributed by atoms with van der Waals surface area (Å²) in [5.41, 5.74) is 1.33. The Kier molecular flexibility index (Phi) is 5.56. The van der Waals surface area contributed by atoms with Gasteiger partial charge in [-0.15, -0.1) is 0 Å². The summed E-state index contributed by atoms with van der Waals surface area (Å²) in [6.07, 6.45) is 3.10. The van der Waals surface area contributed by atoms with E-state index >= 15 is 0 Å². The molecule has 0 unspecified atom stereocenters. The Balaban J connectivity index is 1.95. The monoisotopic (exact) mass is 343 g/mol. The molecule has 7 heteroatoms. The number of amides is 2. The van der Waals surface area contributed by atoms with Crippen molar-refractivity contribution in [2.45, 2.75) is 46.7 Å². The van der Waals surface area contributed by atoms with E-state index in [0.717, 1.165) is 11.3 Å². The number of benzene rings is 1. The summed E-state index contributed by atoms with van der Waals surface area (Å²) in [4.78, 5) is 28.2. The Bertz CT molecular complexity index is 717. The van der Waals surface area contributed by atoms with E-state index in [2.05, 4.69) is 20.7 Å². The van der Waals surface area contributed by atoms with Gasteiger partial charge in [-0.05, 0) is 31.5 Å². The van der Waals surface area contributed by atoms with Crippen LogP contribution in [0, 0.1) is 5.41 Å². The summed E-state index contributed by atoms with van der Waals surface area (Å²) in [6, 6.07) is 6.92. The molecule has 0 aliphatic heterocycles. The molecule has 7 nitrogen and oxygen atoms in total. The van der Waals surface area contributed by atoms with Crippen LogP contribution < -0.4 is 10.6 Å². The lowest BCUT2D eigenvalue weighted by Crippen LogP contribution is -2.48. The highest BCUT2D eigenvalue weighted by molar-refractivity contribution is 5.89. The van der Waals surface area contributed by atoms with Crippen LogP contribution in [0.5, 0.6) is 0 Å². The number of rotatable bonds is 5. The molecular formula is C18H25N5O2. The van der Waals surface area contributed by atoms with Gasteiger partial charge in [0.1, 0.15) is 18.7 Å². The molecule has 0 saturated carbocycles. The predicted molar refractivity (Wildman–Crippen MR) is 95.0 cm³/mol. The molecule has 2 rings (SSSR count). The van der Waals surface area contributed by atoms with Crippen LogP contribution in [0.4, 0.5) is 0 Å². The van der Waals surface area contributed by atoms with Gasteiger partial charge < -0.3 is 10.6 Å². The van der Waals surface area contributed by atoms with Gasteiger partial charge in [-0.1, -0.05) is 32.9 Å². The third kappa shape index (κ3) is 4.89. The fraction of sp³-hybridized carbons (Fsp3) is 0.444. The number of carbonyl (C=O) groups is 2. The first-order valence-corrected chi connectivity index (χ1v) is 8.25. The van der Waals surface area contributed by atoms with E-state index in [1.807, 2.05) is 52.0 Å². The van der Waals surface area contributed by atoms with Crippen molar-refractivity contribution in [3.8, 4) is 5.69 Å². The zero-order valence-electron chi connectivity index (χ0n) is 15.3. The number of carbonyl (C=O) groups excluding carboxylic acids is 2. The van der Waals surface area contributed by atoms with Gasteiger partial charge in [0.05, 0.1) is 11.7 Å². The Morgan fingerprint density at radius 2 is 1.72 bits per heavy atom. The fourth-order valence-electron chi connectivity index (χ4n) is 2.16. The second-order valence-corrected chi connectivity index (χ2v) is 7.11. The second-order valence-electron chi connectivity index (χ2n) is 7.11. The first kappa shape index (κ1) is 18.6. The molecule has 0 saturated heterocycles. The van der Waals surface area contributed by atoms with E-state index in [4.69, 9.17) is 0 Å². The van der Waals surface area contributed by atoms with E-state index < -0.39 is 11.5 Å². The van der Waals surface area contributed by atoms with Crippen LogP contribution in [0.2, 0.25) is 0 Å². The fourth-order valence-corrected chi connectivity index (χ4v) is 2.16. The summed E-state index contributed by atoms with van der Waals surface area (Å²) in [6.45, 7) is 9.02. The highest BCUT2D eigenvalue weighted by Gasteiger charge is 2.25. The normalized spacial score (nSPS) is 13.8. The summed E-state index contributed by atoms with van der Waals surface area (Å²) < 4.78 is 1.66. The number of aromatic nitrogens is 3. The molecule has 25 heavy (non-hydrogen) atoms. The number of nitrogens with one attached hydrogen (secondary N) is 2. The van der Waals surface area contributed by atoms with E-state index in [-0.39, 0.29) is 17.9 Å². The maximum Gasteiger partial charge on any atom is 0.242 e. The summed E-state index contributed by atoms with van der Waals surface area (Å²) in [7, 11) is 0. The molecule has 0 aliphatic carbocycles. The Morgan fingerprint density at radius 1 is 1.08 bits per heavy atom. The molecule has 2 amide bonds. The third-order valence-corrected chi connectivity index (χ3v) is 3.86. The lowest BCUT2D eigenvalue weighted by atomic mass is 9.95. The van der Waals surface area contributed by atoms with Crippen LogP contribution in [0.15, 0.2) is 36.9 Å². The number of nitrogens with zero attached hydrogens (tertiary/aromatic N) is 3. The molecule has 2 aromatic rings. The molecule has 0 aliphatic rings. The second kappa shape index (κ2) is 7.46.